The Labute approximate surface area is 147 Å². The molecule has 0 aliphatic heterocycles. The summed E-state index contributed by atoms with van der Waals surface area (Å²) < 4.78 is 0. The molecule has 120 valence electrons. The van der Waals surface area contributed by atoms with Crippen molar-refractivity contribution in [3.8, 4) is 5.75 Å². The molecule has 1 saturated carbocycles. The summed E-state index contributed by atoms with van der Waals surface area (Å²) in [7, 11) is 0. The van der Waals surface area contributed by atoms with Crippen LogP contribution >= 0.6 is 35.0 Å². The molecule has 2 aromatic carbocycles. The summed E-state index contributed by atoms with van der Waals surface area (Å²) >= 11 is 13.6. The second-order valence-corrected chi connectivity index (χ2v) is 7.34. The number of halogens is 2. The molecule has 0 aromatic heterocycles. The monoisotopic (exact) mass is 369 g/mol. The lowest BCUT2D eigenvalue weighted by Gasteiger charge is -2.26. The molecule has 3 rings (SSSR count). The van der Waals surface area contributed by atoms with Crippen molar-refractivity contribution in [1.29, 1.82) is 0 Å². The van der Waals surface area contributed by atoms with Gasteiger partial charge in [0.25, 0.3) is 5.69 Å². The molecule has 0 saturated heterocycles. The predicted octanol–water partition coefficient (Wildman–Crippen LogP) is 6.03. The van der Waals surface area contributed by atoms with E-state index in [1.165, 1.54) is 30.3 Å². The van der Waals surface area contributed by atoms with Gasteiger partial charge in [0.15, 0.2) is 0 Å². The SMILES string of the molecule is O=[N+]([O-])c1cc(Cl)c(Sc2ccc(O)c(C3CCC3)c2)c(Cl)c1. The molecule has 0 heterocycles. The van der Waals surface area contributed by atoms with Crippen molar-refractivity contribution in [3.63, 3.8) is 0 Å². The minimum absolute atomic E-state index is 0.134. The topological polar surface area (TPSA) is 63.4 Å². The first kappa shape index (κ1) is 16.4. The van der Waals surface area contributed by atoms with Crippen LogP contribution in [0.1, 0.15) is 30.7 Å². The maximum Gasteiger partial charge on any atom is 0.272 e. The van der Waals surface area contributed by atoms with Crippen molar-refractivity contribution < 1.29 is 10.0 Å². The van der Waals surface area contributed by atoms with Crippen LogP contribution in [-0.4, -0.2) is 10.0 Å². The molecule has 23 heavy (non-hydrogen) atoms. The van der Waals surface area contributed by atoms with Crippen LogP contribution in [0.4, 0.5) is 5.69 Å². The number of aromatic hydroxyl groups is 1. The first-order valence-corrected chi connectivity index (χ1v) is 8.67. The molecule has 0 unspecified atom stereocenters. The third-order valence-electron chi connectivity index (χ3n) is 3.96. The molecule has 1 fully saturated rings. The molecule has 0 amide bonds. The number of nitro groups is 1. The lowest BCUT2D eigenvalue weighted by molar-refractivity contribution is -0.384. The second-order valence-electron chi connectivity index (χ2n) is 5.45. The van der Waals surface area contributed by atoms with Gasteiger partial charge in [-0.2, -0.15) is 0 Å². The smallest absolute Gasteiger partial charge is 0.272 e. The Morgan fingerprint density at radius 3 is 2.35 bits per heavy atom. The van der Waals surface area contributed by atoms with Crippen molar-refractivity contribution >= 4 is 40.7 Å². The fraction of sp³-hybridized carbons (Fsp3) is 0.250. The van der Waals surface area contributed by atoms with Gasteiger partial charge in [-0.3, -0.25) is 10.1 Å². The van der Waals surface area contributed by atoms with Crippen molar-refractivity contribution in [2.24, 2.45) is 0 Å². The van der Waals surface area contributed by atoms with E-state index in [0.29, 0.717) is 16.6 Å². The average Bonchev–Trinajstić information content (AvgIpc) is 2.44. The minimum atomic E-state index is -0.526. The van der Waals surface area contributed by atoms with Crippen molar-refractivity contribution in [2.45, 2.75) is 35.0 Å². The zero-order chi connectivity index (χ0) is 16.6. The van der Waals surface area contributed by atoms with Gasteiger partial charge < -0.3 is 5.11 Å². The molecule has 0 spiro atoms. The maximum atomic E-state index is 10.8. The zero-order valence-electron chi connectivity index (χ0n) is 12.0. The maximum absolute atomic E-state index is 10.8. The molecule has 0 bridgehead atoms. The van der Waals surface area contributed by atoms with Crippen molar-refractivity contribution in [1.82, 2.24) is 0 Å². The number of hydrogen-bond donors (Lipinski definition) is 1. The molecule has 4 nitrogen and oxygen atoms in total. The molecule has 0 atom stereocenters. The van der Waals surface area contributed by atoms with Gasteiger partial charge in [0.1, 0.15) is 5.75 Å². The summed E-state index contributed by atoms with van der Waals surface area (Å²) in [5.74, 6) is 0.707. The average molecular weight is 370 g/mol. The number of nitro benzene ring substituents is 1. The normalized spacial score (nSPS) is 14.5. The Morgan fingerprint density at radius 1 is 1.17 bits per heavy atom. The lowest BCUT2D eigenvalue weighted by atomic mass is 9.80. The molecule has 1 aliphatic carbocycles. The van der Waals surface area contributed by atoms with Crippen LogP contribution in [-0.2, 0) is 0 Å². The van der Waals surface area contributed by atoms with Crippen LogP contribution in [0.2, 0.25) is 10.0 Å². The van der Waals surface area contributed by atoms with Crippen LogP contribution < -0.4 is 0 Å². The summed E-state index contributed by atoms with van der Waals surface area (Å²) in [6, 6.07) is 7.99. The highest BCUT2D eigenvalue weighted by molar-refractivity contribution is 7.99. The van der Waals surface area contributed by atoms with E-state index in [1.807, 2.05) is 6.07 Å². The fourth-order valence-corrected chi connectivity index (χ4v) is 4.09. The number of rotatable bonds is 4. The molecule has 2 aromatic rings. The number of hydrogen-bond acceptors (Lipinski definition) is 4. The van der Waals surface area contributed by atoms with Gasteiger partial charge in [0, 0.05) is 21.9 Å². The Hall–Kier alpha value is -1.43. The summed E-state index contributed by atoms with van der Waals surface area (Å²) in [4.78, 5) is 11.8. The molecule has 1 aliphatic rings. The highest BCUT2D eigenvalue weighted by atomic mass is 35.5. The molecule has 0 radical (unpaired) electrons. The Kier molecular flexibility index (Phi) is 4.71. The highest BCUT2D eigenvalue weighted by Crippen LogP contribution is 2.45. The number of nitrogens with zero attached hydrogens (tertiary/aromatic N) is 1. The standard InChI is InChI=1S/C16H13Cl2NO3S/c17-13-6-10(19(21)22)7-14(18)16(13)23-11-4-5-15(20)12(8-11)9-2-1-3-9/h4-9,20H,1-3H2. The lowest BCUT2D eigenvalue weighted by Crippen LogP contribution is -2.08. The third kappa shape index (κ3) is 3.42. The van der Waals surface area contributed by atoms with E-state index in [4.69, 9.17) is 23.2 Å². The number of phenols is 1. The molecular formula is C16H13Cl2NO3S. The largest absolute Gasteiger partial charge is 0.508 e. The second kappa shape index (κ2) is 6.59. The summed E-state index contributed by atoms with van der Waals surface area (Å²) in [5, 5.41) is 21.3. The van der Waals surface area contributed by atoms with E-state index in [1.54, 1.807) is 12.1 Å². The first-order chi connectivity index (χ1) is 11.0. The summed E-state index contributed by atoms with van der Waals surface area (Å²) in [6.07, 6.45) is 3.35. The van der Waals surface area contributed by atoms with Gasteiger partial charge >= 0.3 is 0 Å². The van der Waals surface area contributed by atoms with E-state index >= 15 is 0 Å². The predicted molar refractivity (Wildman–Crippen MR) is 91.9 cm³/mol. The van der Waals surface area contributed by atoms with E-state index in [0.717, 1.165) is 23.3 Å². The van der Waals surface area contributed by atoms with Crippen LogP contribution in [0.25, 0.3) is 0 Å². The zero-order valence-corrected chi connectivity index (χ0v) is 14.3. The number of phenolic OH excluding ortho intramolecular Hbond substituents is 1. The number of non-ortho nitro benzene ring substituents is 1. The quantitative estimate of drug-likeness (QED) is 0.528. The van der Waals surface area contributed by atoms with Crippen LogP contribution in [0, 0.1) is 10.1 Å². The van der Waals surface area contributed by atoms with E-state index < -0.39 is 4.92 Å². The van der Waals surface area contributed by atoms with Crippen molar-refractivity contribution in [3.05, 3.63) is 56.1 Å². The van der Waals surface area contributed by atoms with Crippen molar-refractivity contribution in [2.75, 3.05) is 0 Å². The van der Waals surface area contributed by atoms with Gasteiger partial charge in [0.05, 0.1) is 15.0 Å². The van der Waals surface area contributed by atoms with E-state index in [9.17, 15) is 15.2 Å². The molecule has 1 N–H and O–H groups in total. The Bertz CT molecular complexity index is 755. The third-order valence-corrected chi connectivity index (χ3v) is 5.91. The number of benzene rings is 2. The Morgan fingerprint density at radius 2 is 1.83 bits per heavy atom. The fourth-order valence-electron chi connectivity index (χ4n) is 2.51. The summed E-state index contributed by atoms with van der Waals surface area (Å²) in [5.41, 5.74) is 0.806. The van der Waals surface area contributed by atoms with Crippen LogP contribution in [0.3, 0.4) is 0 Å². The van der Waals surface area contributed by atoms with Gasteiger partial charge in [0.2, 0.25) is 0 Å². The minimum Gasteiger partial charge on any atom is -0.508 e. The van der Waals surface area contributed by atoms with E-state index in [2.05, 4.69) is 0 Å². The molecule has 7 heteroatoms. The van der Waals surface area contributed by atoms with Crippen LogP contribution in [0.5, 0.6) is 5.75 Å². The Balaban J connectivity index is 1.91. The summed E-state index contributed by atoms with van der Waals surface area (Å²) in [6.45, 7) is 0. The first-order valence-electron chi connectivity index (χ1n) is 7.10. The molecular weight excluding hydrogens is 357 g/mol. The van der Waals surface area contributed by atoms with Gasteiger partial charge in [-0.1, -0.05) is 41.4 Å². The van der Waals surface area contributed by atoms with Crippen LogP contribution in [0.15, 0.2) is 40.1 Å². The van der Waals surface area contributed by atoms with E-state index in [-0.39, 0.29) is 15.7 Å². The highest BCUT2D eigenvalue weighted by Gasteiger charge is 2.23. The van der Waals surface area contributed by atoms with Gasteiger partial charge in [-0.15, -0.1) is 0 Å². The van der Waals surface area contributed by atoms with Gasteiger partial charge in [-0.25, -0.2) is 0 Å². The van der Waals surface area contributed by atoms with Gasteiger partial charge in [-0.05, 0) is 42.5 Å².